The van der Waals surface area contributed by atoms with Gasteiger partial charge in [0, 0.05) is 17.8 Å². The fraction of sp³-hybridized carbons (Fsp3) is 0. The molecule has 4 N–H and O–H groups in total. The third kappa shape index (κ3) is 3.01. The molecule has 0 unspecified atom stereocenters. The number of rotatable bonds is 2. The topological polar surface area (TPSA) is 94.4 Å². The average Bonchev–Trinajstić information content (AvgIpc) is 2.53. The lowest BCUT2D eigenvalue weighted by molar-refractivity contribution is 0.100. The van der Waals surface area contributed by atoms with E-state index in [4.69, 9.17) is 11.5 Å². The number of halogens is 1. The Labute approximate surface area is 131 Å². The SMILES string of the molecule is NC(N)=NC(=O)c1ccc2cccc(-c3ccnc(F)c3)c2c1. The van der Waals surface area contributed by atoms with Crippen molar-refractivity contribution in [3.8, 4) is 11.1 Å². The maximum Gasteiger partial charge on any atom is 0.280 e. The number of nitrogens with two attached hydrogens (primary N) is 2. The number of aliphatic imine (C=N–C) groups is 1. The number of hydrogen-bond donors (Lipinski definition) is 2. The van der Waals surface area contributed by atoms with Crippen LogP contribution in [0.2, 0.25) is 0 Å². The van der Waals surface area contributed by atoms with Gasteiger partial charge in [0.2, 0.25) is 5.95 Å². The Balaban J connectivity index is 2.19. The van der Waals surface area contributed by atoms with Crippen molar-refractivity contribution in [3.63, 3.8) is 0 Å². The van der Waals surface area contributed by atoms with Gasteiger partial charge < -0.3 is 11.5 Å². The molecule has 0 spiro atoms. The molecule has 1 amide bonds. The second-order valence-electron chi connectivity index (χ2n) is 4.95. The van der Waals surface area contributed by atoms with Crippen LogP contribution in [-0.2, 0) is 0 Å². The summed E-state index contributed by atoms with van der Waals surface area (Å²) in [4.78, 5) is 19.1. The third-order valence-corrected chi connectivity index (χ3v) is 3.40. The zero-order valence-corrected chi connectivity index (χ0v) is 12.0. The largest absolute Gasteiger partial charge is 0.370 e. The molecule has 0 aliphatic rings. The molecule has 114 valence electrons. The highest BCUT2D eigenvalue weighted by molar-refractivity contribution is 6.06. The summed E-state index contributed by atoms with van der Waals surface area (Å²) in [5.74, 6) is -1.38. The predicted molar refractivity (Wildman–Crippen MR) is 87.3 cm³/mol. The molecule has 1 heterocycles. The molecule has 5 nitrogen and oxygen atoms in total. The van der Waals surface area contributed by atoms with Crippen LogP contribution in [0.1, 0.15) is 10.4 Å². The van der Waals surface area contributed by atoms with Crippen molar-refractivity contribution in [1.82, 2.24) is 4.98 Å². The second-order valence-corrected chi connectivity index (χ2v) is 4.95. The Morgan fingerprint density at radius 2 is 1.91 bits per heavy atom. The number of benzene rings is 2. The van der Waals surface area contributed by atoms with Crippen molar-refractivity contribution in [1.29, 1.82) is 0 Å². The first kappa shape index (κ1) is 14.6. The summed E-state index contributed by atoms with van der Waals surface area (Å²) in [7, 11) is 0. The number of fused-ring (bicyclic) bond motifs is 1. The lowest BCUT2D eigenvalue weighted by Crippen LogP contribution is -2.24. The lowest BCUT2D eigenvalue weighted by Gasteiger charge is -2.08. The van der Waals surface area contributed by atoms with Crippen LogP contribution in [0, 0.1) is 5.95 Å². The number of carbonyl (C=O) groups excluding carboxylic acids is 1. The van der Waals surface area contributed by atoms with E-state index in [-0.39, 0.29) is 5.96 Å². The molecule has 1 aromatic heterocycles. The molecule has 0 atom stereocenters. The summed E-state index contributed by atoms with van der Waals surface area (Å²) in [5, 5.41) is 1.72. The smallest absolute Gasteiger partial charge is 0.280 e. The van der Waals surface area contributed by atoms with Crippen LogP contribution >= 0.6 is 0 Å². The van der Waals surface area contributed by atoms with Gasteiger partial charge in [-0.2, -0.15) is 9.38 Å². The van der Waals surface area contributed by atoms with Crippen LogP contribution in [0.25, 0.3) is 21.9 Å². The molecular formula is C17H13FN4O. The zero-order valence-electron chi connectivity index (χ0n) is 12.0. The van der Waals surface area contributed by atoms with Gasteiger partial charge in [-0.15, -0.1) is 0 Å². The van der Waals surface area contributed by atoms with E-state index >= 15 is 0 Å². The molecule has 0 fully saturated rings. The molecule has 23 heavy (non-hydrogen) atoms. The van der Waals surface area contributed by atoms with Crippen molar-refractivity contribution in [2.45, 2.75) is 0 Å². The molecule has 0 bridgehead atoms. The Bertz CT molecular complexity index is 933. The van der Waals surface area contributed by atoms with E-state index in [1.807, 2.05) is 18.2 Å². The fourth-order valence-electron chi connectivity index (χ4n) is 2.41. The predicted octanol–water partition coefficient (Wildman–Crippen LogP) is 2.45. The number of hydrogen-bond acceptors (Lipinski definition) is 2. The molecular weight excluding hydrogens is 295 g/mol. The quantitative estimate of drug-likeness (QED) is 0.432. The molecule has 3 aromatic rings. The van der Waals surface area contributed by atoms with Gasteiger partial charge in [-0.05, 0) is 40.1 Å². The minimum Gasteiger partial charge on any atom is -0.370 e. The van der Waals surface area contributed by atoms with E-state index in [0.29, 0.717) is 11.1 Å². The highest BCUT2D eigenvalue weighted by Crippen LogP contribution is 2.29. The zero-order chi connectivity index (χ0) is 16.4. The highest BCUT2D eigenvalue weighted by atomic mass is 19.1. The van der Waals surface area contributed by atoms with E-state index in [0.717, 1.165) is 16.3 Å². The summed E-state index contributed by atoms with van der Waals surface area (Å²) in [6.45, 7) is 0. The summed E-state index contributed by atoms with van der Waals surface area (Å²) >= 11 is 0. The first-order chi connectivity index (χ1) is 11.0. The molecule has 2 aromatic carbocycles. The van der Waals surface area contributed by atoms with Crippen molar-refractivity contribution in [2.24, 2.45) is 16.5 Å². The summed E-state index contributed by atoms with van der Waals surface area (Å²) in [6, 6.07) is 13.8. The van der Waals surface area contributed by atoms with E-state index in [2.05, 4.69) is 9.98 Å². The summed E-state index contributed by atoms with van der Waals surface area (Å²) in [6.07, 6.45) is 1.40. The minimum atomic E-state index is -0.563. The van der Waals surface area contributed by atoms with Gasteiger partial charge in [0.1, 0.15) is 0 Å². The molecule has 0 aliphatic carbocycles. The molecule has 0 aliphatic heterocycles. The van der Waals surface area contributed by atoms with E-state index in [9.17, 15) is 9.18 Å². The van der Waals surface area contributed by atoms with Crippen LogP contribution in [0.4, 0.5) is 4.39 Å². The maximum atomic E-state index is 13.4. The van der Waals surface area contributed by atoms with Crippen LogP contribution in [-0.4, -0.2) is 16.9 Å². The number of guanidine groups is 1. The summed E-state index contributed by atoms with van der Waals surface area (Å²) in [5.41, 5.74) is 12.3. The lowest BCUT2D eigenvalue weighted by atomic mass is 9.97. The Morgan fingerprint density at radius 3 is 2.65 bits per heavy atom. The fourth-order valence-corrected chi connectivity index (χ4v) is 2.41. The van der Waals surface area contributed by atoms with Crippen LogP contribution in [0.5, 0.6) is 0 Å². The Kier molecular flexibility index (Phi) is 3.72. The van der Waals surface area contributed by atoms with Gasteiger partial charge in [-0.1, -0.05) is 24.3 Å². The molecule has 3 rings (SSSR count). The minimum absolute atomic E-state index is 0.292. The average molecular weight is 308 g/mol. The summed E-state index contributed by atoms with van der Waals surface area (Å²) < 4.78 is 13.4. The first-order valence-electron chi connectivity index (χ1n) is 6.83. The Morgan fingerprint density at radius 1 is 1.09 bits per heavy atom. The number of aromatic nitrogens is 1. The number of pyridine rings is 1. The Hall–Kier alpha value is -3.28. The number of nitrogens with zero attached hydrogens (tertiary/aromatic N) is 2. The number of amides is 1. The van der Waals surface area contributed by atoms with Gasteiger partial charge in [0.05, 0.1) is 0 Å². The highest BCUT2D eigenvalue weighted by Gasteiger charge is 2.09. The van der Waals surface area contributed by atoms with E-state index < -0.39 is 11.9 Å². The third-order valence-electron chi connectivity index (χ3n) is 3.40. The second kappa shape index (κ2) is 5.84. The van der Waals surface area contributed by atoms with Gasteiger partial charge in [0.25, 0.3) is 5.91 Å². The number of carbonyl (C=O) groups is 1. The van der Waals surface area contributed by atoms with Crippen molar-refractivity contribution in [2.75, 3.05) is 0 Å². The van der Waals surface area contributed by atoms with Crippen molar-refractivity contribution in [3.05, 3.63) is 66.2 Å². The normalized spacial score (nSPS) is 10.5. The maximum absolute atomic E-state index is 13.4. The van der Waals surface area contributed by atoms with Gasteiger partial charge in [0.15, 0.2) is 5.96 Å². The van der Waals surface area contributed by atoms with Crippen LogP contribution in [0.3, 0.4) is 0 Å². The molecule has 0 saturated heterocycles. The standard InChI is InChI=1S/C17H13FN4O/c18-15-9-11(6-7-21-15)13-3-1-2-10-4-5-12(8-14(10)13)16(23)22-17(19)20/h1-9H,(H4,19,20,22,23). The van der Waals surface area contributed by atoms with Gasteiger partial charge in [-0.3, -0.25) is 4.79 Å². The van der Waals surface area contributed by atoms with Gasteiger partial charge >= 0.3 is 0 Å². The molecule has 0 radical (unpaired) electrons. The monoisotopic (exact) mass is 308 g/mol. The molecule has 6 heteroatoms. The molecule has 0 saturated carbocycles. The van der Waals surface area contributed by atoms with Crippen LogP contribution in [0.15, 0.2) is 59.7 Å². The van der Waals surface area contributed by atoms with Crippen molar-refractivity contribution >= 4 is 22.6 Å². The van der Waals surface area contributed by atoms with Crippen LogP contribution < -0.4 is 11.5 Å². The van der Waals surface area contributed by atoms with E-state index in [1.165, 1.54) is 12.3 Å². The van der Waals surface area contributed by atoms with Crippen molar-refractivity contribution < 1.29 is 9.18 Å². The van der Waals surface area contributed by atoms with E-state index in [1.54, 1.807) is 24.3 Å². The van der Waals surface area contributed by atoms with Gasteiger partial charge in [-0.25, -0.2) is 4.98 Å². The first-order valence-corrected chi connectivity index (χ1v) is 6.83.